The van der Waals surface area contributed by atoms with E-state index in [-0.39, 0.29) is 28.6 Å². The molecule has 3 N–H and O–H groups in total. The van der Waals surface area contributed by atoms with Gasteiger partial charge in [0.15, 0.2) is 17.3 Å². The van der Waals surface area contributed by atoms with Crippen LogP contribution in [0.5, 0.6) is 0 Å². The van der Waals surface area contributed by atoms with Crippen molar-refractivity contribution in [3.05, 3.63) is 35.7 Å². The molecule has 10 nitrogen and oxygen atoms in total. The molecule has 0 spiro atoms. The van der Waals surface area contributed by atoms with Crippen LogP contribution in [-0.4, -0.2) is 54.8 Å². The minimum absolute atomic E-state index is 0.0184. The van der Waals surface area contributed by atoms with Gasteiger partial charge in [0.25, 0.3) is 0 Å². The Labute approximate surface area is 200 Å². The maximum atomic E-state index is 15.1. The van der Waals surface area contributed by atoms with Crippen molar-refractivity contribution in [1.82, 2.24) is 29.9 Å². The molecule has 2 aliphatic rings. The number of aromatic amines is 1. The summed E-state index contributed by atoms with van der Waals surface area (Å²) < 4.78 is 76.3. The number of carbonyl (C=O) groups excluding carboxylic acids is 1. The van der Waals surface area contributed by atoms with Gasteiger partial charge >= 0.3 is 12.5 Å². The Morgan fingerprint density at radius 1 is 1.33 bits per heavy atom. The Hall–Kier alpha value is -3.49. The van der Waals surface area contributed by atoms with E-state index in [1.54, 1.807) is 0 Å². The lowest BCUT2D eigenvalue weighted by molar-refractivity contribution is -0.330. The van der Waals surface area contributed by atoms with Gasteiger partial charge in [-0.3, -0.25) is 14.2 Å². The first-order chi connectivity index (χ1) is 17.0. The minimum Gasteiger partial charge on any atom is -0.443 e. The molecule has 3 aromatic heterocycles. The first-order valence-electron chi connectivity index (χ1n) is 11.2. The number of fused-ring (bicyclic) bond motifs is 1. The Kier molecular flexibility index (Phi) is 5.97. The van der Waals surface area contributed by atoms with Gasteiger partial charge in [-0.05, 0) is 32.6 Å². The lowest BCUT2D eigenvalue weighted by Crippen LogP contribution is -2.38. The molecule has 1 amide bonds. The molecule has 0 unspecified atom stereocenters. The molecule has 3 aromatic rings. The number of nitrogens with one attached hydrogen (secondary N) is 3. The van der Waals surface area contributed by atoms with Gasteiger partial charge in [0.05, 0.1) is 18.5 Å². The number of ether oxygens (including phenoxy) is 2. The summed E-state index contributed by atoms with van der Waals surface area (Å²) in [4.78, 5) is 19.8. The number of rotatable bonds is 7. The number of halogens is 5. The Bertz CT molecular complexity index is 1270. The summed E-state index contributed by atoms with van der Waals surface area (Å²) in [6.07, 6.45) is -3.36. The molecule has 2 saturated carbocycles. The number of imidazole rings is 1. The molecule has 0 saturated heterocycles. The molecule has 3 atom stereocenters. The van der Waals surface area contributed by atoms with E-state index in [9.17, 15) is 22.4 Å². The van der Waals surface area contributed by atoms with Gasteiger partial charge in [0.1, 0.15) is 12.3 Å². The van der Waals surface area contributed by atoms with Crippen LogP contribution >= 0.6 is 0 Å². The summed E-state index contributed by atoms with van der Waals surface area (Å²) >= 11 is 0. The zero-order valence-electron chi connectivity index (χ0n) is 18.9. The van der Waals surface area contributed by atoms with Crippen LogP contribution in [-0.2, 0) is 16.1 Å². The molecular weight excluding hydrogens is 493 g/mol. The van der Waals surface area contributed by atoms with Crippen LogP contribution in [0.3, 0.4) is 0 Å². The number of alkyl halides is 4. The molecule has 2 aliphatic carbocycles. The third-order valence-electron chi connectivity index (χ3n) is 6.28. The van der Waals surface area contributed by atoms with Crippen molar-refractivity contribution in [2.45, 2.75) is 69.3 Å². The van der Waals surface area contributed by atoms with Gasteiger partial charge in [0, 0.05) is 29.4 Å². The fourth-order valence-electron chi connectivity index (χ4n) is 4.12. The molecule has 0 radical (unpaired) electrons. The Balaban J connectivity index is 1.26. The second-order valence-corrected chi connectivity index (χ2v) is 9.18. The highest BCUT2D eigenvalue weighted by atomic mass is 19.4. The average Bonchev–Trinajstić information content (AvgIpc) is 3.16. The van der Waals surface area contributed by atoms with Crippen LogP contribution < -0.4 is 10.6 Å². The molecule has 0 bridgehead atoms. The molecule has 3 heterocycles. The van der Waals surface area contributed by atoms with Gasteiger partial charge in [-0.15, -0.1) is 13.2 Å². The van der Waals surface area contributed by atoms with E-state index in [0.29, 0.717) is 18.5 Å². The first-order valence-corrected chi connectivity index (χ1v) is 11.2. The third-order valence-corrected chi connectivity index (χ3v) is 6.28. The number of alkyl carbamates (subject to hydrolysis) is 1. The van der Waals surface area contributed by atoms with Crippen molar-refractivity contribution in [1.29, 1.82) is 0 Å². The summed E-state index contributed by atoms with van der Waals surface area (Å²) in [6, 6.07) is 1.53. The van der Waals surface area contributed by atoms with Crippen LogP contribution in [0.25, 0.3) is 5.65 Å². The predicted octanol–water partition coefficient (Wildman–Crippen LogP) is 4.23. The van der Waals surface area contributed by atoms with E-state index in [1.807, 2.05) is 6.92 Å². The van der Waals surface area contributed by atoms with E-state index in [1.165, 1.54) is 6.07 Å². The Morgan fingerprint density at radius 3 is 2.83 bits per heavy atom. The van der Waals surface area contributed by atoms with Crippen molar-refractivity contribution in [2.75, 3.05) is 5.32 Å². The highest BCUT2D eigenvalue weighted by molar-refractivity contribution is 5.69. The number of anilines is 2. The quantitative estimate of drug-likeness (QED) is 0.403. The second-order valence-electron chi connectivity index (χ2n) is 9.18. The van der Waals surface area contributed by atoms with Crippen molar-refractivity contribution in [3.8, 4) is 0 Å². The molecule has 15 heteroatoms. The summed E-state index contributed by atoms with van der Waals surface area (Å²) in [6.45, 7) is 0.985. The molecule has 5 rings (SSSR count). The van der Waals surface area contributed by atoms with Gasteiger partial charge in [-0.25, -0.2) is 23.5 Å². The summed E-state index contributed by atoms with van der Waals surface area (Å²) in [5.74, 6) is -1.21. The van der Waals surface area contributed by atoms with Crippen molar-refractivity contribution >= 4 is 23.5 Å². The van der Waals surface area contributed by atoms with Crippen LogP contribution in [0.15, 0.2) is 18.5 Å². The van der Waals surface area contributed by atoms with E-state index in [4.69, 9.17) is 4.74 Å². The van der Waals surface area contributed by atoms with Gasteiger partial charge in [0.2, 0.25) is 5.95 Å². The smallest absolute Gasteiger partial charge is 0.443 e. The highest BCUT2D eigenvalue weighted by Crippen LogP contribution is 2.39. The average molecular weight is 515 g/mol. The normalized spacial score (nSPS) is 23.1. The lowest BCUT2D eigenvalue weighted by atomic mass is 10.0. The molecule has 0 aliphatic heterocycles. The maximum Gasteiger partial charge on any atom is 0.522 e. The SMILES string of the molecule is CC1(NC(=O)O[C@@H]2CC[C@H](c3cc(Nc4ncc(F)c5nc(COC(F)(F)F)cn45)n[nH]3)[C@@H]2F)CC1. The van der Waals surface area contributed by atoms with Crippen molar-refractivity contribution < 1.29 is 36.2 Å². The summed E-state index contributed by atoms with van der Waals surface area (Å²) in [5, 5.41) is 12.4. The first kappa shape index (κ1) is 24.2. The molecule has 194 valence electrons. The number of H-pyrrole nitrogens is 1. The van der Waals surface area contributed by atoms with Crippen molar-refractivity contribution in [2.24, 2.45) is 0 Å². The van der Waals surface area contributed by atoms with E-state index in [0.717, 1.165) is 29.6 Å². The standard InChI is InChI=1S/C21H22F5N7O3/c1-20(4-5-20)30-19(34)36-14-3-2-11(16(14)23)13-6-15(32-31-13)29-18-27-7-12(22)17-28-10(8-33(17)18)9-35-21(24,25)26/h6-8,11,14,16H,2-5,9H2,1H3,(H,30,34)(H2,27,29,31,32)/t11-,14-,16+/m1/s1. The van der Waals surface area contributed by atoms with Gasteiger partial charge < -0.3 is 15.4 Å². The number of carbonyl (C=O) groups is 1. The largest absolute Gasteiger partial charge is 0.522 e. The van der Waals surface area contributed by atoms with Crippen LogP contribution in [0.2, 0.25) is 0 Å². The topological polar surface area (TPSA) is 118 Å². The van der Waals surface area contributed by atoms with Crippen LogP contribution in [0.1, 0.15) is 49.9 Å². The monoisotopic (exact) mass is 515 g/mol. The minimum atomic E-state index is -4.86. The van der Waals surface area contributed by atoms with Crippen molar-refractivity contribution in [3.63, 3.8) is 0 Å². The predicted molar refractivity (Wildman–Crippen MR) is 114 cm³/mol. The van der Waals surface area contributed by atoms with Gasteiger partial charge in [-0.2, -0.15) is 5.10 Å². The fraction of sp³-hybridized carbons (Fsp3) is 0.524. The molecular formula is C21H22F5N7O3. The maximum absolute atomic E-state index is 15.1. The number of hydrogen-bond acceptors (Lipinski definition) is 7. The number of aromatic nitrogens is 5. The van der Waals surface area contributed by atoms with Crippen LogP contribution in [0, 0.1) is 5.82 Å². The molecule has 36 heavy (non-hydrogen) atoms. The third kappa shape index (κ3) is 5.20. The highest BCUT2D eigenvalue weighted by Gasteiger charge is 2.43. The number of hydrogen-bond donors (Lipinski definition) is 3. The van der Waals surface area contributed by atoms with E-state index >= 15 is 4.39 Å². The second kappa shape index (κ2) is 8.87. The Morgan fingerprint density at radius 2 is 2.11 bits per heavy atom. The number of nitrogens with zero attached hydrogens (tertiary/aromatic N) is 4. The van der Waals surface area contributed by atoms with E-state index in [2.05, 4.69) is 35.5 Å². The lowest BCUT2D eigenvalue weighted by Gasteiger charge is -2.19. The van der Waals surface area contributed by atoms with E-state index < -0.39 is 43.1 Å². The van der Waals surface area contributed by atoms with Gasteiger partial charge in [-0.1, -0.05) is 0 Å². The zero-order valence-corrected chi connectivity index (χ0v) is 18.9. The number of amides is 1. The molecule has 2 fully saturated rings. The summed E-state index contributed by atoms with van der Waals surface area (Å²) in [7, 11) is 0. The van der Waals surface area contributed by atoms with Crippen LogP contribution in [0.4, 0.5) is 38.5 Å². The zero-order chi connectivity index (χ0) is 25.7. The fourth-order valence-corrected chi connectivity index (χ4v) is 4.12. The summed E-state index contributed by atoms with van der Waals surface area (Å²) in [5.41, 5.74) is -0.246. The molecule has 0 aromatic carbocycles.